The first-order chi connectivity index (χ1) is 8.38. The number of fused-ring (bicyclic) bond motifs is 3. The molecule has 0 radical (unpaired) electrons. The fourth-order valence-electron chi connectivity index (χ4n) is 2.20. The minimum atomic E-state index is 0.739. The summed E-state index contributed by atoms with van der Waals surface area (Å²) in [6.45, 7) is 0. The Hall–Kier alpha value is -1.05. The Morgan fingerprint density at radius 3 is 2.65 bits per heavy atom. The second kappa shape index (κ2) is 4.67. The molecule has 3 aromatic rings. The summed E-state index contributed by atoms with van der Waals surface area (Å²) in [5.41, 5.74) is 1.39. The van der Waals surface area contributed by atoms with E-state index in [1.165, 1.54) is 25.7 Å². The first-order valence-corrected chi connectivity index (χ1v) is 7.20. The molecule has 1 aromatic heterocycles. The lowest BCUT2D eigenvalue weighted by atomic mass is 10.1. The highest BCUT2D eigenvalue weighted by Crippen LogP contribution is 2.34. The molecular weight excluding hydrogens is 248 g/mol. The van der Waals surface area contributed by atoms with Crippen LogP contribution in [0, 0.1) is 0 Å². The Morgan fingerprint density at radius 2 is 1.76 bits per heavy atom. The summed E-state index contributed by atoms with van der Waals surface area (Å²) in [5, 5.41) is 2.76. The van der Waals surface area contributed by atoms with Crippen molar-refractivity contribution < 1.29 is 0 Å². The van der Waals surface area contributed by atoms with Gasteiger partial charge < -0.3 is 0 Å². The number of thiophene rings is 1. The van der Waals surface area contributed by atoms with Crippen LogP contribution in [0.2, 0.25) is 0 Å². The van der Waals surface area contributed by atoms with Crippen molar-refractivity contribution in [3.8, 4) is 0 Å². The lowest BCUT2D eigenvalue weighted by Crippen LogP contribution is -1.85. The lowest BCUT2D eigenvalue weighted by molar-refractivity contribution is 0.931. The van der Waals surface area contributed by atoms with Gasteiger partial charge in [-0.05, 0) is 36.6 Å². The highest BCUT2D eigenvalue weighted by Gasteiger charge is 2.04. The Morgan fingerprint density at radius 1 is 0.941 bits per heavy atom. The summed E-state index contributed by atoms with van der Waals surface area (Å²) in [4.78, 5) is 0. The van der Waals surface area contributed by atoms with Crippen LogP contribution < -0.4 is 0 Å². The van der Waals surface area contributed by atoms with E-state index in [1.807, 2.05) is 11.3 Å². The van der Waals surface area contributed by atoms with Gasteiger partial charge in [-0.2, -0.15) is 0 Å². The molecule has 86 valence electrons. The van der Waals surface area contributed by atoms with Crippen molar-refractivity contribution in [2.75, 3.05) is 5.88 Å². The predicted molar refractivity (Wildman–Crippen MR) is 78.4 cm³/mol. The van der Waals surface area contributed by atoms with Crippen molar-refractivity contribution in [1.29, 1.82) is 0 Å². The van der Waals surface area contributed by atoms with Crippen molar-refractivity contribution in [2.45, 2.75) is 12.8 Å². The predicted octanol–water partition coefficient (Wildman–Crippen LogP) is 5.23. The van der Waals surface area contributed by atoms with Crippen LogP contribution in [-0.4, -0.2) is 5.88 Å². The maximum absolute atomic E-state index is 5.75. The maximum atomic E-state index is 5.75. The summed E-state index contributed by atoms with van der Waals surface area (Å²) in [5.74, 6) is 0.739. The number of alkyl halides is 1. The van der Waals surface area contributed by atoms with Crippen molar-refractivity contribution >= 4 is 43.1 Å². The van der Waals surface area contributed by atoms with Gasteiger partial charge in [-0.15, -0.1) is 22.9 Å². The number of hydrogen-bond acceptors (Lipinski definition) is 1. The number of halogens is 1. The third-order valence-electron chi connectivity index (χ3n) is 3.04. The molecule has 0 aliphatic carbocycles. The number of rotatable bonds is 3. The van der Waals surface area contributed by atoms with Crippen LogP contribution in [0.25, 0.3) is 20.2 Å². The normalized spacial score (nSPS) is 11.4. The molecule has 0 unspecified atom stereocenters. The van der Waals surface area contributed by atoms with E-state index in [1.54, 1.807) is 0 Å². The fourth-order valence-corrected chi connectivity index (χ4v) is 3.42. The molecule has 0 spiro atoms. The summed E-state index contributed by atoms with van der Waals surface area (Å²) in [7, 11) is 0. The van der Waals surface area contributed by atoms with E-state index in [-0.39, 0.29) is 0 Å². The first-order valence-electron chi connectivity index (χ1n) is 5.84. The maximum Gasteiger partial charge on any atom is 0.0355 e. The van der Waals surface area contributed by atoms with Gasteiger partial charge in [0.1, 0.15) is 0 Å². The Kier molecular flexibility index (Phi) is 3.04. The number of benzene rings is 2. The van der Waals surface area contributed by atoms with E-state index >= 15 is 0 Å². The van der Waals surface area contributed by atoms with E-state index in [2.05, 4.69) is 42.5 Å². The first kappa shape index (κ1) is 11.1. The third-order valence-corrected chi connectivity index (χ3v) is 4.46. The summed E-state index contributed by atoms with van der Waals surface area (Å²) in [6.07, 6.45) is 2.12. The van der Waals surface area contributed by atoms with Crippen molar-refractivity contribution in [3.63, 3.8) is 0 Å². The molecule has 0 fully saturated rings. The van der Waals surface area contributed by atoms with Gasteiger partial charge in [-0.3, -0.25) is 0 Å². The zero-order chi connectivity index (χ0) is 11.7. The molecule has 0 aliphatic heterocycles. The van der Waals surface area contributed by atoms with Gasteiger partial charge in [0.25, 0.3) is 0 Å². The van der Waals surface area contributed by atoms with Crippen molar-refractivity contribution in [1.82, 2.24) is 0 Å². The van der Waals surface area contributed by atoms with Gasteiger partial charge in [-0.1, -0.05) is 24.3 Å². The molecule has 3 rings (SSSR count). The molecule has 17 heavy (non-hydrogen) atoms. The van der Waals surface area contributed by atoms with Gasteiger partial charge in [0.15, 0.2) is 0 Å². The highest BCUT2D eigenvalue weighted by molar-refractivity contribution is 7.25. The standard InChI is InChI=1S/C15H13ClS/c16-9-3-4-11-7-8-15-13(10-11)12-5-1-2-6-14(12)17-15/h1-2,5-8,10H,3-4,9H2. The van der Waals surface area contributed by atoms with Crippen molar-refractivity contribution in [3.05, 3.63) is 48.0 Å². The van der Waals surface area contributed by atoms with Gasteiger partial charge in [0.05, 0.1) is 0 Å². The molecule has 2 aromatic carbocycles. The highest BCUT2D eigenvalue weighted by atomic mass is 35.5. The van der Waals surface area contributed by atoms with Crippen LogP contribution in [-0.2, 0) is 6.42 Å². The molecule has 0 N–H and O–H groups in total. The third kappa shape index (κ3) is 2.05. The Balaban J connectivity index is 2.16. The van der Waals surface area contributed by atoms with Crippen molar-refractivity contribution in [2.24, 2.45) is 0 Å². The SMILES string of the molecule is ClCCCc1ccc2sc3ccccc3c2c1. The minimum Gasteiger partial charge on any atom is -0.135 e. The van der Waals surface area contributed by atoms with Crippen LogP contribution >= 0.6 is 22.9 Å². The van der Waals surface area contributed by atoms with Crippen LogP contribution in [0.4, 0.5) is 0 Å². The quantitative estimate of drug-likeness (QED) is 0.566. The van der Waals surface area contributed by atoms with Crippen LogP contribution in [0.15, 0.2) is 42.5 Å². The molecule has 0 atom stereocenters. The minimum absolute atomic E-state index is 0.739. The largest absolute Gasteiger partial charge is 0.135 e. The molecule has 0 nitrogen and oxygen atoms in total. The Labute approximate surface area is 110 Å². The van der Waals surface area contributed by atoms with Gasteiger partial charge in [0, 0.05) is 26.1 Å². The van der Waals surface area contributed by atoms with E-state index in [4.69, 9.17) is 11.6 Å². The zero-order valence-corrected chi connectivity index (χ0v) is 11.0. The molecule has 2 heteroatoms. The molecular formula is C15H13ClS. The van der Waals surface area contributed by atoms with Gasteiger partial charge in [-0.25, -0.2) is 0 Å². The monoisotopic (exact) mass is 260 g/mol. The second-order valence-electron chi connectivity index (χ2n) is 4.22. The average molecular weight is 261 g/mol. The fraction of sp³-hybridized carbons (Fsp3) is 0.200. The Bertz CT molecular complexity index is 654. The van der Waals surface area contributed by atoms with E-state index in [9.17, 15) is 0 Å². The van der Waals surface area contributed by atoms with Gasteiger partial charge in [0.2, 0.25) is 0 Å². The van der Waals surface area contributed by atoms with Gasteiger partial charge >= 0.3 is 0 Å². The average Bonchev–Trinajstić information content (AvgIpc) is 2.74. The zero-order valence-electron chi connectivity index (χ0n) is 9.45. The van der Waals surface area contributed by atoms with E-state index in [0.717, 1.165) is 18.7 Å². The molecule has 1 heterocycles. The molecule has 0 bridgehead atoms. The summed E-state index contributed by atoms with van der Waals surface area (Å²) in [6, 6.07) is 15.4. The molecule has 0 aliphatic rings. The summed E-state index contributed by atoms with van der Waals surface area (Å²) >= 11 is 7.61. The topological polar surface area (TPSA) is 0 Å². The second-order valence-corrected chi connectivity index (χ2v) is 5.68. The molecule has 0 saturated carbocycles. The van der Waals surface area contributed by atoms with E-state index < -0.39 is 0 Å². The van der Waals surface area contributed by atoms with E-state index in [0.29, 0.717) is 0 Å². The number of aryl methyl sites for hydroxylation is 1. The number of hydrogen-bond donors (Lipinski definition) is 0. The summed E-state index contributed by atoms with van der Waals surface area (Å²) < 4.78 is 2.75. The molecule has 0 saturated heterocycles. The smallest absolute Gasteiger partial charge is 0.0355 e. The van der Waals surface area contributed by atoms with Crippen LogP contribution in [0.5, 0.6) is 0 Å². The molecule has 0 amide bonds. The van der Waals surface area contributed by atoms with Crippen LogP contribution in [0.1, 0.15) is 12.0 Å². The lowest BCUT2D eigenvalue weighted by Gasteiger charge is -1.99. The van der Waals surface area contributed by atoms with Crippen LogP contribution in [0.3, 0.4) is 0 Å².